The van der Waals surface area contributed by atoms with Crippen molar-refractivity contribution in [2.75, 3.05) is 31.5 Å². The van der Waals surface area contributed by atoms with Crippen LogP contribution in [0.25, 0.3) is 0 Å². The maximum absolute atomic E-state index is 12.8. The molecule has 2 aromatic rings. The van der Waals surface area contributed by atoms with E-state index in [1.807, 2.05) is 0 Å². The van der Waals surface area contributed by atoms with Crippen molar-refractivity contribution in [2.24, 2.45) is 0 Å². The van der Waals surface area contributed by atoms with Crippen molar-refractivity contribution >= 4 is 39.8 Å². The topological polar surface area (TPSA) is 157 Å². The summed E-state index contributed by atoms with van der Waals surface area (Å²) in [4.78, 5) is 44.6. The number of urea groups is 1. The molecule has 13 heteroatoms. The standard InChI is InChI=1S/C18H21N5O7S/c1-10-8-11(2)20-16(19-10)21-17(25)22-31(27,28)14-7-6-12(23(3)18(26)30-5)9-13(14)15(24)29-4/h6-9H,1-5H3,(H2,19,20,21,22,25). The van der Waals surface area contributed by atoms with E-state index >= 15 is 0 Å². The third kappa shape index (κ3) is 5.66. The first-order valence-electron chi connectivity index (χ1n) is 8.68. The van der Waals surface area contributed by atoms with E-state index in [9.17, 15) is 22.8 Å². The van der Waals surface area contributed by atoms with E-state index in [0.29, 0.717) is 11.4 Å². The summed E-state index contributed by atoms with van der Waals surface area (Å²) in [7, 11) is -0.910. The lowest BCUT2D eigenvalue weighted by molar-refractivity contribution is 0.0596. The molecule has 1 heterocycles. The van der Waals surface area contributed by atoms with Crippen molar-refractivity contribution in [3.63, 3.8) is 0 Å². The molecule has 0 aliphatic heterocycles. The number of amides is 3. The molecule has 0 fully saturated rings. The Hall–Kier alpha value is -3.74. The molecule has 0 bridgehead atoms. The van der Waals surface area contributed by atoms with Crippen LogP contribution in [0.1, 0.15) is 21.7 Å². The predicted octanol–water partition coefficient (Wildman–Crippen LogP) is 1.59. The summed E-state index contributed by atoms with van der Waals surface area (Å²) in [5, 5.41) is 2.23. The molecule has 2 N–H and O–H groups in total. The van der Waals surface area contributed by atoms with Crippen molar-refractivity contribution in [3.8, 4) is 0 Å². The van der Waals surface area contributed by atoms with Crippen LogP contribution in [0.5, 0.6) is 0 Å². The van der Waals surface area contributed by atoms with Gasteiger partial charge in [-0.15, -0.1) is 0 Å². The Morgan fingerprint density at radius 1 is 1.00 bits per heavy atom. The average molecular weight is 451 g/mol. The van der Waals surface area contributed by atoms with Gasteiger partial charge >= 0.3 is 18.1 Å². The van der Waals surface area contributed by atoms with Crippen molar-refractivity contribution in [1.82, 2.24) is 14.7 Å². The number of aryl methyl sites for hydroxylation is 2. The fourth-order valence-electron chi connectivity index (χ4n) is 2.56. The molecular weight excluding hydrogens is 430 g/mol. The highest BCUT2D eigenvalue weighted by Crippen LogP contribution is 2.24. The van der Waals surface area contributed by atoms with Gasteiger partial charge < -0.3 is 9.47 Å². The number of carbonyl (C=O) groups excluding carboxylic acids is 3. The third-order valence-corrected chi connectivity index (χ3v) is 5.32. The maximum atomic E-state index is 12.8. The second-order valence-electron chi connectivity index (χ2n) is 6.24. The van der Waals surface area contributed by atoms with Crippen LogP contribution >= 0.6 is 0 Å². The molecule has 12 nitrogen and oxygen atoms in total. The van der Waals surface area contributed by atoms with Gasteiger partial charge in [0.05, 0.1) is 19.8 Å². The number of anilines is 2. The predicted molar refractivity (Wildman–Crippen MR) is 109 cm³/mol. The van der Waals surface area contributed by atoms with Gasteiger partial charge in [-0.1, -0.05) is 0 Å². The van der Waals surface area contributed by atoms with Crippen LogP contribution in [0.2, 0.25) is 0 Å². The first kappa shape index (κ1) is 23.5. The summed E-state index contributed by atoms with van der Waals surface area (Å²) in [5.41, 5.74) is 0.922. The fraction of sp³-hybridized carbons (Fsp3) is 0.278. The van der Waals surface area contributed by atoms with Crippen molar-refractivity contribution in [1.29, 1.82) is 0 Å². The lowest BCUT2D eigenvalue weighted by Crippen LogP contribution is -2.36. The number of aromatic nitrogens is 2. The van der Waals surface area contributed by atoms with Crippen LogP contribution in [0.3, 0.4) is 0 Å². The highest BCUT2D eigenvalue weighted by molar-refractivity contribution is 7.90. The first-order chi connectivity index (χ1) is 14.5. The number of carbonyl (C=O) groups is 3. The van der Waals surface area contributed by atoms with Crippen LogP contribution in [0.15, 0.2) is 29.2 Å². The van der Waals surface area contributed by atoms with Gasteiger partial charge in [0, 0.05) is 24.1 Å². The molecule has 0 aliphatic carbocycles. The van der Waals surface area contributed by atoms with E-state index < -0.39 is 38.6 Å². The normalized spacial score (nSPS) is 10.7. The average Bonchev–Trinajstić information content (AvgIpc) is 2.70. The molecule has 3 amide bonds. The molecule has 31 heavy (non-hydrogen) atoms. The summed E-state index contributed by atoms with van der Waals surface area (Å²) in [6, 6.07) is 4.00. The van der Waals surface area contributed by atoms with Gasteiger partial charge in [0.1, 0.15) is 4.90 Å². The van der Waals surface area contributed by atoms with E-state index in [-0.39, 0.29) is 11.6 Å². The minimum absolute atomic E-state index is 0.0894. The van der Waals surface area contributed by atoms with Gasteiger partial charge in [-0.2, -0.15) is 0 Å². The Morgan fingerprint density at radius 2 is 1.61 bits per heavy atom. The SMILES string of the molecule is COC(=O)c1cc(N(C)C(=O)OC)ccc1S(=O)(=O)NC(=O)Nc1nc(C)cc(C)n1. The van der Waals surface area contributed by atoms with E-state index in [0.717, 1.165) is 24.1 Å². The van der Waals surface area contributed by atoms with Crippen molar-refractivity contribution < 1.29 is 32.3 Å². The molecule has 1 aromatic heterocycles. The van der Waals surface area contributed by atoms with E-state index in [2.05, 4.69) is 24.8 Å². The Bertz CT molecular complexity index is 1110. The number of hydrogen-bond acceptors (Lipinski definition) is 9. The highest BCUT2D eigenvalue weighted by Gasteiger charge is 2.27. The number of hydrogen-bond donors (Lipinski definition) is 2. The van der Waals surface area contributed by atoms with Crippen LogP contribution in [-0.2, 0) is 19.5 Å². The first-order valence-corrected chi connectivity index (χ1v) is 10.2. The van der Waals surface area contributed by atoms with E-state index in [1.54, 1.807) is 24.6 Å². The van der Waals surface area contributed by atoms with Crippen LogP contribution < -0.4 is 14.9 Å². The Kier molecular flexibility index (Phi) is 7.12. The van der Waals surface area contributed by atoms with Crippen molar-refractivity contribution in [3.05, 3.63) is 41.2 Å². The van der Waals surface area contributed by atoms with Crippen molar-refractivity contribution in [2.45, 2.75) is 18.7 Å². The minimum atomic E-state index is -4.51. The number of ether oxygens (including phenoxy) is 2. The van der Waals surface area contributed by atoms with Gasteiger partial charge in [-0.25, -0.2) is 37.5 Å². The zero-order valence-electron chi connectivity index (χ0n) is 17.4. The maximum Gasteiger partial charge on any atom is 0.413 e. The van der Waals surface area contributed by atoms with Gasteiger partial charge in [-0.3, -0.25) is 10.2 Å². The van der Waals surface area contributed by atoms with Crippen LogP contribution in [0, 0.1) is 13.8 Å². The molecule has 0 saturated heterocycles. The summed E-state index contributed by atoms with van der Waals surface area (Å²) in [5.74, 6) is -1.08. The summed E-state index contributed by atoms with van der Waals surface area (Å²) < 4.78 is 36.5. The highest BCUT2D eigenvalue weighted by atomic mass is 32.2. The van der Waals surface area contributed by atoms with Crippen LogP contribution in [-0.4, -0.2) is 57.7 Å². The molecule has 2 rings (SSSR count). The Balaban J connectivity index is 2.36. The number of nitrogens with zero attached hydrogens (tertiary/aromatic N) is 3. The molecule has 0 atom stereocenters. The smallest absolute Gasteiger partial charge is 0.413 e. The minimum Gasteiger partial charge on any atom is -0.465 e. The molecule has 0 spiro atoms. The largest absolute Gasteiger partial charge is 0.465 e. The summed E-state index contributed by atoms with van der Waals surface area (Å²) in [6.07, 6.45) is -0.739. The quantitative estimate of drug-likeness (QED) is 0.644. The molecule has 0 saturated carbocycles. The number of benzene rings is 1. The number of nitrogens with one attached hydrogen (secondary N) is 2. The summed E-state index contributed by atoms with van der Waals surface area (Å²) >= 11 is 0. The molecule has 1 aromatic carbocycles. The number of sulfonamides is 1. The molecule has 166 valence electrons. The van der Waals surface area contributed by atoms with Gasteiger partial charge in [0.15, 0.2) is 0 Å². The van der Waals surface area contributed by atoms with E-state index in [1.165, 1.54) is 20.2 Å². The van der Waals surface area contributed by atoms with Gasteiger partial charge in [0.2, 0.25) is 5.95 Å². The third-order valence-electron chi connectivity index (χ3n) is 3.93. The zero-order valence-corrected chi connectivity index (χ0v) is 18.2. The molecular formula is C18H21N5O7S. The number of rotatable bonds is 5. The van der Waals surface area contributed by atoms with Crippen LogP contribution in [0.4, 0.5) is 21.2 Å². The van der Waals surface area contributed by atoms with E-state index in [4.69, 9.17) is 0 Å². The lowest BCUT2D eigenvalue weighted by atomic mass is 10.2. The Morgan fingerprint density at radius 3 is 2.16 bits per heavy atom. The lowest BCUT2D eigenvalue weighted by Gasteiger charge is -2.18. The molecule has 0 radical (unpaired) electrons. The number of esters is 1. The molecule has 0 aliphatic rings. The second-order valence-corrected chi connectivity index (χ2v) is 7.89. The monoisotopic (exact) mass is 451 g/mol. The zero-order chi connectivity index (χ0) is 23.3. The fourth-order valence-corrected chi connectivity index (χ4v) is 3.64. The van der Waals surface area contributed by atoms with Gasteiger partial charge in [-0.05, 0) is 38.1 Å². The second kappa shape index (κ2) is 9.38. The summed E-state index contributed by atoms with van der Waals surface area (Å²) in [6.45, 7) is 3.37. The van der Waals surface area contributed by atoms with Gasteiger partial charge in [0.25, 0.3) is 10.0 Å². The molecule has 0 unspecified atom stereocenters. The Labute approximate surface area is 178 Å². The number of methoxy groups -OCH3 is 2.